The van der Waals surface area contributed by atoms with Crippen LogP contribution < -0.4 is 14.4 Å². The van der Waals surface area contributed by atoms with Crippen LogP contribution in [0.1, 0.15) is 60.5 Å². The number of nitrogens with one attached hydrogen (secondary N) is 1. The van der Waals surface area contributed by atoms with Gasteiger partial charge in [-0.15, -0.1) is 4.36 Å². The number of anilines is 1. The van der Waals surface area contributed by atoms with Crippen molar-refractivity contribution < 1.29 is 23.3 Å². The number of hydrogen-bond donors (Lipinski definition) is 1. The first-order chi connectivity index (χ1) is 23.6. The molecule has 1 saturated heterocycles. The molecule has 3 amide bonds. The summed E-state index contributed by atoms with van der Waals surface area (Å²) in [5, 5.41) is 9.90. The number of urea groups is 1. The van der Waals surface area contributed by atoms with Crippen molar-refractivity contribution in [3.8, 4) is 11.8 Å². The van der Waals surface area contributed by atoms with E-state index in [9.17, 15) is 13.8 Å². The highest BCUT2D eigenvalue weighted by Crippen LogP contribution is 2.47. The van der Waals surface area contributed by atoms with E-state index in [-0.39, 0.29) is 47.8 Å². The van der Waals surface area contributed by atoms with Gasteiger partial charge in [0.05, 0.1) is 36.1 Å². The number of nitriles is 1. The zero-order chi connectivity index (χ0) is 34.3. The Labute approximate surface area is 294 Å². The third kappa shape index (κ3) is 6.80. The SMILES string of the molecule is CO[C@H]1/C=C/C[C@H](C)CS(=O)(NC(=O)N2CC(C#N)C2)=NC(=O)c2ccc3c(c2)N(C[C@@H]2CC[C@H]21)C[C@@]1(CCCc2cc(Cl)ccc21)CO3. The summed E-state index contributed by atoms with van der Waals surface area (Å²) in [7, 11) is -1.75. The molecule has 0 aromatic heterocycles. The molecule has 1 N–H and O–H groups in total. The van der Waals surface area contributed by atoms with Crippen LogP contribution in [0.3, 0.4) is 0 Å². The second kappa shape index (κ2) is 13.6. The molecule has 3 aliphatic heterocycles. The molecule has 7 rings (SSSR count). The number of amides is 3. The van der Waals surface area contributed by atoms with Crippen LogP contribution in [0, 0.1) is 35.0 Å². The molecule has 49 heavy (non-hydrogen) atoms. The Morgan fingerprint density at radius 1 is 1.20 bits per heavy atom. The van der Waals surface area contributed by atoms with E-state index in [1.54, 1.807) is 13.2 Å². The molecular formula is C37H44ClN5O5S. The van der Waals surface area contributed by atoms with Crippen LogP contribution in [-0.2, 0) is 26.5 Å². The van der Waals surface area contributed by atoms with Gasteiger partial charge in [-0.1, -0.05) is 36.7 Å². The molecule has 1 spiro atoms. The van der Waals surface area contributed by atoms with Crippen LogP contribution >= 0.6 is 11.6 Å². The normalized spacial score (nSPS) is 32.2. The minimum atomic E-state index is -3.51. The summed E-state index contributed by atoms with van der Waals surface area (Å²) in [6, 6.07) is 13.1. The predicted molar refractivity (Wildman–Crippen MR) is 189 cm³/mol. The summed E-state index contributed by atoms with van der Waals surface area (Å²) in [4.78, 5) is 30.8. The lowest BCUT2D eigenvalue weighted by Crippen LogP contribution is -2.54. The summed E-state index contributed by atoms with van der Waals surface area (Å²) in [5.41, 5.74) is 3.37. The van der Waals surface area contributed by atoms with Gasteiger partial charge in [0.1, 0.15) is 15.7 Å². The average molecular weight is 706 g/mol. The summed E-state index contributed by atoms with van der Waals surface area (Å²) >= 11 is 6.44. The van der Waals surface area contributed by atoms with E-state index in [1.165, 1.54) is 16.0 Å². The van der Waals surface area contributed by atoms with Gasteiger partial charge in [0.15, 0.2) is 0 Å². The minimum Gasteiger partial charge on any atom is -0.490 e. The fraction of sp³-hybridized carbons (Fsp3) is 0.541. The molecule has 2 aromatic rings. The van der Waals surface area contributed by atoms with Crippen molar-refractivity contribution >= 4 is 39.1 Å². The zero-order valence-corrected chi connectivity index (χ0v) is 29.7. The first-order valence-electron chi connectivity index (χ1n) is 17.3. The Kier molecular flexibility index (Phi) is 9.41. The van der Waals surface area contributed by atoms with Crippen molar-refractivity contribution in [1.82, 2.24) is 9.62 Å². The molecule has 12 heteroatoms. The molecule has 2 fully saturated rings. The molecule has 3 heterocycles. The molecule has 2 aliphatic carbocycles. The van der Waals surface area contributed by atoms with E-state index in [0.29, 0.717) is 37.2 Å². The maximum Gasteiger partial charge on any atom is 0.329 e. The third-order valence-corrected chi connectivity index (χ3v) is 13.3. The van der Waals surface area contributed by atoms with Gasteiger partial charge in [0.2, 0.25) is 0 Å². The van der Waals surface area contributed by atoms with Crippen LogP contribution in [0.5, 0.6) is 5.75 Å². The molecule has 1 unspecified atom stereocenters. The molecule has 1 saturated carbocycles. The summed E-state index contributed by atoms with van der Waals surface area (Å²) in [5.74, 6) is 0.364. The number of fused-ring (bicyclic) bond motifs is 4. The predicted octanol–water partition coefficient (Wildman–Crippen LogP) is 6.14. The average Bonchev–Trinajstić information content (AvgIpc) is 3.18. The Balaban J connectivity index is 1.28. The van der Waals surface area contributed by atoms with Crippen molar-refractivity contribution in [2.45, 2.75) is 57.0 Å². The van der Waals surface area contributed by atoms with Gasteiger partial charge in [0.25, 0.3) is 5.91 Å². The summed E-state index contributed by atoms with van der Waals surface area (Å²) < 4.78 is 33.8. The monoisotopic (exact) mass is 705 g/mol. The van der Waals surface area contributed by atoms with Gasteiger partial charge in [0, 0.05) is 49.3 Å². The number of benzene rings is 2. The van der Waals surface area contributed by atoms with E-state index in [2.05, 4.69) is 44.3 Å². The minimum absolute atomic E-state index is 0.000162. The number of ether oxygens (including phenoxy) is 2. The number of carbonyl (C=O) groups is 2. The highest BCUT2D eigenvalue weighted by Gasteiger charge is 2.44. The van der Waals surface area contributed by atoms with E-state index < -0.39 is 21.9 Å². The van der Waals surface area contributed by atoms with E-state index in [0.717, 1.165) is 49.4 Å². The fourth-order valence-corrected chi connectivity index (χ4v) is 10.4. The molecule has 0 radical (unpaired) electrons. The van der Waals surface area contributed by atoms with Crippen LogP contribution in [0.15, 0.2) is 52.9 Å². The fourth-order valence-electron chi connectivity index (χ4n) is 8.29. The Morgan fingerprint density at radius 3 is 2.80 bits per heavy atom. The first kappa shape index (κ1) is 33.9. The van der Waals surface area contributed by atoms with Crippen molar-refractivity contribution in [1.29, 1.82) is 5.26 Å². The molecule has 260 valence electrons. The van der Waals surface area contributed by atoms with Gasteiger partial charge in [-0.25, -0.2) is 9.00 Å². The number of hydrogen-bond acceptors (Lipinski definition) is 7. The number of carbonyl (C=O) groups excluding carboxylic acids is 2. The molecule has 6 atom stereocenters. The van der Waals surface area contributed by atoms with Gasteiger partial charge in [-0.3, -0.25) is 9.52 Å². The number of halogens is 1. The Bertz CT molecular complexity index is 1830. The number of rotatable bonds is 2. The lowest BCUT2D eigenvalue weighted by atomic mass is 9.68. The third-order valence-electron chi connectivity index (χ3n) is 11.1. The van der Waals surface area contributed by atoms with Gasteiger partial charge in [-0.05, 0) is 97.7 Å². The zero-order valence-electron chi connectivity index (χ0n) is 28.1. The molecule has 5 aliphatic rings. The first-order valence-corrected chi connectivity index (χ1v) is 19.4. The van der Waals surface area contributed by atoms with Crippen LogP contribution in [-0.4, -0.2) is 72.8 Å². The van der Waals surface area contributed by atoms with Crippen molar-refractivity contribution in [3.05, 3.63) is 70.3 Å². The van der Waals surface area contributed by atoms with Crippen molar-refractivity contribution in [3.63, 3.8) is 0 Å². The van der Waals surface area contributed by atoms with Crippen LogP contribution in [0.25, 0.3) is 0 Å². The van der Waals surface area contributed by atoms with Crippen LogP contribution in [0.2, 0.25) is 5.02 Å². The van der Waals surface area contributed by atoms with Gasteiger partial charge < -0.3 is 19.3 Å². The van der Waals surface area contributed by atoms with Gasteiger partial charge >= 0.3 is 6.03 Å². The Hall–Kier alpha value is -3.59. The number of methoxy groups -OCH3 is 1. The van der Waals surface area contributed by atoms with Gasteiger partial charge in [-0.2, -0.15) is 5.26 Å². The number of aryl methyl sites for hydroxylation is 1. The molecular weight excluding hydrogens is 662 g/mol. The summed E-state index contributed by atoms with van der Waals surface area (Å²) in [6.07, 6.45) is 9.82. The number of likely N-dealkylation sites (tertiary alicyclic amines) is 1. The molecule has 10 nitrogen and oxygen atoms in total. The molecule has 2 aromatic carbocycles. The number of allylic oxidation sites excluding steroid dienone is 1. The standard InChI is InChI=1S/C37H44ClN5O5S/c1-24-5-3-7-33(47-2)30-11-8-28(30)20-43-22-37(14-4-6-26-15-29(38)10-12-31(26)37)23-48-34-13-9-27(16-32(34)43)35(44)40-49(46,21-24)41-36(45)42-18-25(17-39)19-42/h3,7,9-10,12-13,15-16,24-25,28,30,33H,4-6,8,11,14,18-23H2,1-2H3,(H,40,41,44,45,46)/b7-3+/t24-,28-,30+,33-,37-,49?/m0/s1. The molecule has 2 bridgehead atoms. The van der Waals surface area contributed by atoms with E-state index in [4.69, 9.17) is 26.3 Å². The highest BCUT2D eigenvalue weighted by molar-refractivity contribution is 7.92. The van der Waals surface area contributed by atoms with Crippen LogP contribution in [0.4, 0.5) is 10.5 Å². The quantitative estimate of drug-likeness (QED) is 0.373. The topological polar surface area (TPSA) is 124 Å². The second-order valence-electron chi connectivity index (χ2n) is 14.6. The maximum atomic E-state index is 14.4. The smallest absolute Gasteiger partial charge is 0.329 e. The largest absolute Gasteiger partial charge is 0.490 e. The van der Waals surface area contributed by atoms with E-state index in [1.807, 2.05) is 25.1 Å². The maximum absolute atomic E-state index is 14.4. The highest BCUT2D eigenvalue weighted by atomic mass is 35.5. The second-order valence-corrected chi connectivity index (χ2v) is 17.0. The van der Waals surface area contributed by atoms with Crippen molar-refractivity contribution in [2.75, 3.05) is 50.5 Å². The lowest BCUT2D eigenvalue weighted by molar-refractivity contribution is 0.0131. The van der Waals surface area contributed by atoms with Crippen molar-refractivity contribution in [2.24, 2.45) is 28.0 Å². The number of nitrogens with zero attached hydrogens (tertiary/aromatic N) is 4. The van der Waals surface area contributed by atoms with E-state index >= 15 is 0 Å². The lowest BCUT2D eigenvalue weighted by Gasteiger charge is -2.46. The Morgan fingerprint density at radius 2 is 2.04 bits per heavy atom. The summed E-state index contributed by atoms with van der Waals surface area (Å²) in [6.45, 7) is 4.43.